The van der Waals surface area contributed by atoms with Crippen molar-refractivity contribution in [1.29, 1.82) is 0 Å². The summed E-state index contributed by atoms with van der Waals surface area (Å²) in [5.41, 5.74) is -2.21. The quantitative estimate of drug-likeness (QED) is 0.0710. The third-order valence-corrected chi connectivity index (χ3v) is 13.1. The second kappa shape index (κ2) is 21.9. The van der Waals surface area contributed by atoms with Crippen LogP contribution < -0.4 is 19.5 Å². The molecule has 1 aliphatic rings. The second-order valence-electron chi connectivity index (χ2n) is 16.8. The number of carbonyl (C=O) groups excluding carboxylic acids is 1. The number of rotatable bonds is 24. The molecule has 0 unspecified atom stereocenters. The van der Waals surface area contributed by atoms with E-state index in [0.29, 0.717) is 39.8 Å². The molecule has 0 bridgehead atoms. The van der Waals surface area contributed by atoms with Gasteiger partial charge in [0.1, 0.15) is 5.82 Å². The summed E-state index contributed by atoms with van der Waals surface area (Å²) in [5.74, 6) is -83.5. The highest BCUT2D eigenvalue weighted by Crippen LogP contribution is 2.63. The van der Waals surface area contributed by atoms with Gasteiger partial charge in [-0.3, -0.25) is 4.79 Å². The van der Waals surface area contributed by atoms with Gasteiger partial charge in [0.15, 0.2) is 11.0 Å². The lowest BCUT2D eigenvalue weighted by Crippen LogP contribution is -2.70. The van der Waals surface area contributed by atoms with Gasteiger partial charge in [-0.05, 0) is 37.5 Å². The van der Waals surface area contributed by atoms with Crippen LogP contribution in [0, 0.1) is 0 Å². The van der Waals surface area contributed by atoms with Crippen LogP contribution in [0.3, 0.4) is 0 Å². The number of carboxylic acids is 2. The summed E-state index contributed by atoms with van der Waals surface area (Å²) in [6, 6.07) is 3.01. The lowest BCUT2D eigenvalue weighted by Gasteiger charge is -2.40. The number of aromatic nitrogens is 2. The first-order valence-electron chi connectivity index (χ1n) is 21.0. The molecule has 0 saturated heterocycles. The maximum Gasteiger partial charge on any atom is 0.460 e. The molecule has 0 aliphatic carbocycles. The van der Waals surface area contributed by atoms with E-state index < -0.39 is 202 Å². The van der Waals surface area contributed by atoms with Crippen LogP contribution >= 0.6 is 46.4 Å². The number of nitrogens with zero attached hydrogens (tertiary/aromatic N) is 4. The van der Waals surface area contributed by atoms with Gasteiger partial charge in [0.05, 0.1) is 51.0 Å². The number of hydrogen-bond donors (Lipinski definition) is 1. The maximum atomic E-state index is 15.3. The van der Waals surface area contributed by atoms with Crippen LogP contribution in [-0.4, -0.2) is 106 Å². The largest absolute Gasteiger partial charge is 0.550 e. The van der Waals surface area contributed by atoms with Crippen molar-refractivity contribution in [2.75, 3.05) is 22.9 Å². The molecule has 1 aliphatic heterocycles. The number of carbonyl (C=O) groups is 2. The molecule has 2 aromatic carbocycles. The number of fused-ring (bicyclic) bond motifs is 2. The summed E-state index contributed by atoms with van der Waals surface area (Å²) < 4.78 is 367. The van der Waals surface area contributed by atoms with E-state index in [1.54, 1.807) is 0 Å². The number of aliphatic carboxylic acids is 2. The normalized spacial score (nSPS) is 15.8. The summed E-state index contributed by atoms with van der Waals surface area (Å²) in [5, 5.41) is 18.4. The molecule has 0 atom stereocenters. The molecule has 1 aromatic heterocycles. The zero-order valence-corrected chi connectivity index (χ0v) is 40.9. The van der Waals surface area contributed by atoms with Crippen molar-refractivity contribution in [3.63, 3.8) is 0 Å². The third kappa shape index (κ3) is 11.6. The van der Waals surface area contributed by atoms with Crippen molar-refractivity contribution in [2.24, 2.45) is 0 Å². The van der Waals surface area contributed by atoms with E-state index in [2.05, 4.69) is 0 Å². The van der Waals surface area contributed by atoms with E-state index in [1.807, 2.05) is 0 Å². The van der Waals surface area contributed by atoms with Crippen molar-refractivity contribution in [3.05, 3.63) is 68.2 Å². The Balaban J connectivity index is 1.99. The second-order valence-corrected chi connectivity index (χ2v) is 18.5. The molecule has 79 heavy (non-hydrogen) atoms. The Morgan fingerprint density at radius 2 is 0.911 bits per heavy atom. The molecule has 0 spiro atoms. The molecule has 446 valence electrons. The van der Waals surface area contributed by atoms with Crippen LogP contribution in [0.4, 0.5) is 126 Å². The molecule has 1 N–H and O–H groups in total. The summed E-state index contributed by atoms with van der Waals surface area (Å²) in [7, 11) is 0. The fourth-order valence-corrected chi connectivity index (χ4v) is 8.05. The Morgan fingerprint density at radius 1 is 0.519 bits per heavy atom. The van der Waals surface area contributed by atoms with Gasteiger partial charge in [-0.25, -0.2) is 9.13 Å². The number of hydrogen-bond acceptors (Lipinski definition) is 5. The van der Waals surface area contributed by atoms with Crippen LogP contribution in [0.25, 0.3) is 17.1 Å². The topological polar surface area (TPSA) is 92.7 Å². The summed E-state index contributed by atoms with van der Waals surface area (Å²) in [6.45, 7) is -5.34. The zero-order valence-electron chi connectivity index (χ0n) is 37.9. The standard InChI is InChI=1S/C41H28Cl4F26N4O4/c42-18-14-22-24(16-20(18)44)74(12-8-30(46,47)32(50,51)34(54,55)36(58,59)38(62,63)40(66,67)68)26(72(22)10-2-6-28(76)77)4-1-5-27-73(11-3-7-29(78)79)23-15-19(43)21(45)17-25(23)75(27)13-9-31(48,49)33(52,53)35(56,57)37(60,61)39(64,65)41(69,70)71/h1,4-5,14-17H,2-3,6-13H2,(H-,76,77,78,79). The summed E-state index contributed by atoms with van der Waals surface area (Å²) >= 11 is 24.2. The number of allylic oxidation sites excluding steroid dienone is 2. The number of carboxylic acid groups (broad SMARTS) is 2. The zero-order chi connectivity index (χ0) is 61.3. The van der Waals surface area contributed by atoms with Gasteiger partial charge in [-0.1, -0.05) is 52.5 Å². The predicted molar refractivity (Wildman–Crippen MR) is 222 cm³/mol. The minimum atomic E-state index is -8.31. The lowest BCUT2D eigenvalue weighted by atomic mass is 9.92. The highest BCUT2D eigenvalue weighted by atomic mass is 35.5. The van der Waals surface area contributed by atoms with Gasteiger partial charge in [0.2, 0.25) is 0 Å². The SMILES string of the molecule is O=C([O-])CCCN1/C(=C/C=C/c2n(CCC(F)(F)C(F)(F)C(F)(F)C(F)(F)C(F)(F)C(F)(F)F)c3cc(Cl)c(Cl)cc3[n+]2CCCC(=O)O)N(CCC(F)(F)C(F)(F)C(F)(F)C(F)(F)C(F)(F)C(F)(F)F)c2cc(Cl)c(Cl)cc21. The molecule has 0 saturated carbocycles. The number of anilines is 2. The Kier molecular flexibility index (Phi) is 18.5. The Labute approximate surface area is 443 Å². The molecule has 4 rings (SSSR count). The predicted octanol–water partition coefficient (Wildman–Crippen LogP) is 14.4. The molecule has 0 fully saturated rings. The summed E-state index contributed by atoms with van der Waals surface area (Å²) in [4.78, 5) is 23.9. The Hall–Kier alpha value is -4.73. The van der Waals surface area contributed by atoms with Crippen LogP contribution in [-0.2, 0) is 22.7 Å². The number of halogens is 30. The van der Waals surface area contributed by atoms with Crippen molar-refractivity contribution >= 4 is 86.8 Å². The fourth-order valence-electron chi connectivity index (χ4n) is 7.41. The monoisotopic (exact) mass is 1270 g/mol. The highest BCUT2D eigenvalue weighted by molar-refractivity contribution is 6.43. The van der Waals surface area contributed by atoms with E-state index in [4.69, 9.17) is 46.4 Å². The Morgan fingerprint density at radius 3 is 1.33 bits per heavy atom. The van der Waals surface area contributed by atoms with Crippen molar-refractivity contribution in [1.82, 2.24) is 4.57 Å². The van der Waals surface area contributed by atoms with E-state index in [1.165, 1.54) is 0 Å². The van der Waals surface area contributed by atoms with Crippen LogP contribution in [0.5, 0.6) is 0 Å². The number of alkyl halides is 26. The number of imidazole rings is 1. The van der Waals surface area contributed by atoms with E-state index in [9.17, 15) is 116 Å². The molecule has 38 heteroatoms. The minimum absolute atomic E-state index is 0.308. The lowest BCUT2D eigenvalue weighted by molar-refractivity contribution is -0.674. The van der Waals surface area contributed by atoms with Crippen LogP contribution in [0.1, 0.15) is 44.3 Å². The maximum absolute atomic E-state index is 15.3. The first kappa shape index (κ1) is 66.8. The first-order chi connectivity index (χ1) is 35.4. The minimum Gasteiger partial charge on any atom is -0.550 e. The van der Waals surface area contributed by atoms with Crippen molar-refractivity contribution in [3.8, 4) is 0 Å². The van der Waals surface area contributed by atoms with Gasteiger partial charge in [-0.2, -0.15) is 114 Å². The van der Waals surface area contributed by atoms with Gasteiger partial charge in [-0.15, -0.1) is 0 Å². The highest BCUT2D eigenvalue weighted by Gasteiger charge is 2.92. The van der Waals surface area contributed by atoms with E-state index in [0.717, 1.165) is 21.6 Å². The molecular weight excluding hydrogens is 1250 g/mol. The fraction of sp³-hybridized carbons (Fsp3) is 0.537. The van der Waals surface area contributed by atoms with Gasteiger partial charge >= 0.3 is 77.5 Å². The molecule has 2 heterocycles. The van der Waals surface area contributed by atoms with Gasteiger partial charge in [0, 0.05) is 50.1 Å². The number of benzene rings is 2. The van der Waals surface area contributed by atoms with Crippen molar-refractivity contribution in [2.45, 2.75) is 123 Å². The van der Waals surface area contributed by atoms with Gasteiger partial charge in [0.25, 0.3) is 5.82 Å². The van der Waals surface area contributed by atoms with Crippen molar-refractivity contribution < 1.29 is 139 Å². The van der Waals surface area contributed by atoms with E-state index >= 15 is 17.6 Å². The molecule has 3 aromatic rings. The van der Waals surface area contributed by atoms with E-state index in [-0.39, 0.29) is 0 Å². The van der Waals surface area contributed by atoms with Crippen LogP contribution in [0.15, 0.2) is 42.2 Å². The molecule has 0 amide bonds. The first-order valence-corrected chi connectivity index (χ1v) is 22.5. The average molecular weight is 1280 g/mol. The smallest absolute Gasteiger partial charge is 0.460 e. The molecule has 8 nitrogen and oxygen atoms in total. The Bertz CT molecular complexity index is 2850. The number of aryl methyl sites for hydroxylation is 2. The molecule has 0 radical (unpaired) electrons. The van der Waals surface area contributed by atoms with Gasteiger partial charge < -0.3 is 24.8 Å². The summed E-state index contributed by atoms with van der Waals surface area (Å²) in [6.07, 6.45) is -22.5. The third-order valence-electron chi connectivity index (χ3n) is 11.6. The average Bonchev–Trinajstić information content (AvgIpc) is 3.71. The molecular formula is C41H28Cl4F26N4O4. The van der Waals surface area contributed by atoms with Crippen LogP contribution in [0.2, 0.25) is 20.1 Å².